The van der Waals surface area contributed by atoms with Crippen molar-refractivity contribution in [2.75, 3.05) is 18.8 Å². The Bertz CT molecular complexity index is 641. The molecule has 3 amide bonds. The number of carbonyl (C=O) groups is 4. The van der Waals surface area contributed by atoms with Crippen molar-refractivity contribution >= 4 is 36.3 Å². The first-order valence-corrected chi connectivity index (χ1v) is 8.43. The number of amides is 3. The lowest BCUT2D eigenvalue weighted by molar-refractivity contribution is -0.138. The molecule has 0 bridgehead atoms. The van der Waals surface area contributed by atoms with Crippen LogP contribution in [0.5, 0.6) is 0 Å². The maximum Gasteiger partial charge on any atom is 0.322 e. The van der Waals surface area contributed by atoms with E-state index in [1.807, 2.05) is 6.07 Å². The Morgan fingerprint density at radius 2 is 1.65 bits per heavy atom. The number of carboxylic acids is 1. The second-order valence-electron chi connectivity index (χ2n) is 5.43. The van der Waals surface area contributed by atoms with E-state index in [2.05, 4.69) is 28.6 Å². The van der Waals surface area contributed by atoms with Gasteiger partial charge in [0.1, 0.15) is 12.6 Å². The number of aliphatic carboxylic acids is 1. The molecule has 10 heteroatoms. The molecule has 6 N–H and O–H groups in total. The number of rotatable bonds is 10. The average molecular weight is 382 g/mol. The van der Waals surface area contributed by atoms with Gasteiger partial charge in [0.05, 0.1) is 12.6 Å². The Balaban J connectivity index is 2.68. The molecule has 1 aromatic rings. The summed E-state index contributed by atoms with van der Waals surface area (Å²) in [5, 5.41) is 15.7. The molecular formula is C16H22N4O5S. The minimum absolute atomic E-state index is 0.127. The number of carboxylic acid groups (broad SMARTS) is 1. The predicted molar refractivity (Wildman–Crippen MR) is 97.6 cm³/mol. The van der Waals surface area contributed by atoms with Crippen LogP contribution in [0, 0.1) is 0 Å². The number of thiol groups is 1. The van der Waals surface area contributed by atoms with Crippen LogP contribution in [0.1, 0.15) is 5.56 Å². The zero-order valence-corrected chi connectivity index (χ0v) is 14.9. The van der Waals surface area contributed by atoms with Crippen LogP contribution in [0.4, 0.5) is 0 Å². The smallest absolute Gasteiger partial charge is 0.322 e. The highest BCUT2D eigenvalue weighted by atomic mass is 32.1. The quantitative estimate of drug-likeness (QED) is 0.265. The maximum absolute atomic E-state index is 12.2. The first-order valence-electron chi connectivity index (χ1n) is 7.80. The molecule has 26 heavy (non-hydrogen) atoms. The van der Waals surface area contributed by atoms with Crippen molar-refractivity contribution in [3.63, 3.8) is 0 Å². The molecule has 142 valence electrons. The number of carbonyl (C=O) groups excluding carboxylic acids is 3. The zero-order valence-electron chi connectivity index (χ0n) is 14.0. The standard InChI is InChI=1S/C16H22N4O5S/c17-11(9-26)15(24)18-7-13(21)20-12(16(25)19-8-14(22)23)6-10-4-2-1-3-5-10/h1-5,11-12,26H,6-9,17H2,(H,18,24)(H,19,25)(H,20,21)(H,22,23). The maximum atomic E-state index is 12.2. The van der Waals surface area contributed by atoms with Crippen molar-refractivity contribution in [2.45, 2.75) is 18.5 Å². The van der Waals surface area contributed by atoms with Gasteiger partial charge >= 0.3 is 5.97 Å². The van der Waals surface area contributed by atoms with E-state index in [0.717, 1.165) is 5.56 Å². The van der Waals surface area contributed by atoms with E-state index in [1.165, 1.54) is 0 Å². The molecule has 1 rings (SSSR count). The van der Waals surface area contributed by atoms with Crippen LogP contribution in [0.25, 0.3) is 0 Å². The first-order chi connectivity index (χ1) is 12.3. The third-order valence-electron chi connectivity index (χ3n) is 3.30. The van der Waals surface area contributed by atoms with Gasteiger partial charge in [-0.25, -0.2) is 0 Å². The van der Waals surface area contributed by atoms with Crippen molar-refractivity contribution in [1.82, 2.24) is 16.0 Å². The minimum atomic E-state index is -1.20. The van der Waals surface area contributed by atoms with Crippen LogP contribution in [0.2, 0.25) is 0 Å². The SMILES string of the molecule is NC(CS)C(=O)NCC(=O)NC(Cc1ccccc1)C(=O)NCC(=O)O. The highest BCUT2D eigenvalue weighted by molar-refractivity contribution is 7.80. The predicted octanol–water partition coefficient (Wildman–Crippen LogP) is -1.71. The van der Waals surface area contributed by atoms with Gasteiger partial charge in [-0.2, -0.15) is 12.6 Å². The van der Waals surface area contributed by atoms with E-state index >= 15 is 0 Å². The molecule has 0 saturated carbocycles. The topological polar surface area (TPSA) is 151 Å². The largest absolute Gasteiger partial charge is 0.480 e. The number of hydrogen-bond acceptors (Lipinski definition) is 6. The van der Waals surface area contributed by atoms with E-state index in [0.29, 0.717) is 0 Å². The van der Waals surface area contributed by atoms with Crippen LogP contribution in [0.15, 0.2) is 30.3 Å². The van der Waals surface area contributed by atoms with E-state index < -0.39 is 42.3 Å². The number of nitrogens with one attached hydrogen (secondary N) is 3. The Morgan fingerprint density at radius 1 is 1.04 bits per heavy atom. The van der Waals surface area contributed by atoms with E-state index in [-0.39, 0.29) is 18.7 Å². The van der Waals surface area contributed by atoms with Crippen LogP contribution in [-0.2, 0) is 25.6 Å². The second-order valence-corrected chi connectivity index (χ2v) is 5.79. The van der Waals surface area contributed by atoms with E-state index in [1.54, 1.807) is 24.3 Å². The fourth-order valence-corrected chi connectivity index (χ4v) is 2.14. The Labute approximate surface area is 156 Å². The van der Waals surface area contributed by atoms with Gasteiger partial charge in [0.2, 0.25) is 17.7 Å². The van der Waals surface area contributed by atoms with Crippen molar-refractivity contribution in [3.05, 3.63) is 35.9 Å². The number of nitrogens with two attached hydrogens (primary N) is 1. The summed E-state index contributed by atoms with van der Waals surface area (Å²) < 4.78 is 0. The number of benzene rings is 1. The molecule has 0 aliphatic rings. The summed E-state index contributed by atoms with van der Waals surface area (Å²) in [5.74, 6) is -2.85. The lowest BCUT2D eigenvalue weighted by Gasteiger charge is -2.18. The normalized spacial score (nSPS) is 12.5. The number of hydrogen-bond donors (Lipinski definition) is 6. The van der Waals surface area contributed by atoms with E-state index in [4.69, 9.17) is 10.8 Å². The molecule has 9 nitrogen and oxygen atoms in total. The third kappa shape index (κ3) is 7.99. The summed E-state index contributed by atoms with van der Waals surface area (Å²) in [6, 6.07) is 7.09. The molecule has 0 saturated heterocycles. The molecule has 1 aromatic carbocycles. The molecular weight excluding hydrogens is 360 g/mol. The van der Waals surface area contributed by atoms with Crippen LogP contribution < -0.4 is 21.7 Å². The molecule has 2 atom stereocenters. The zero-order chi connectivity index (χ0) is 19.5. The van der Waals surface area contributed by atoms with Crippen molar-refractivity contribution < 1.29 is 24.3 Å². The Hall–Kier alpha value is -2.59. The molecule has 0 heterocycles. The summed E-state index contributed by atoms with van der Waals surface area (Å²) in [6.45, 7) is -0.925. The fourth-order valence-electron chi connectivity index (χ4n) is 1.97. The Kier molecular flexibility index (Phi) is 9.17. The molecule has 0 spiro atoms. The molecule has 0 radical (unpaired) electrons. The summed E-state index contributed by atoms with van der Waals surface area (Å²) in [5.41, 5.74) is 6.26. The molecule has 0 aromatic heterocycles. The lowest BCUT2D eigenvalue weighted by Crippen LogP contribution is -2.52. The summed E-state index contributed by atoms with van der Waals surface area (Å²) in [7, 11) is 0. The van der Waals surface area contributed by atoms with Gasteiger partial charge in [-0.05, 0) is 5.56 Å². The highest BCUT2D eigenvalue weighted by Crippen LogP contribution is 2.03. The van der Waals surface area contributed by atoms with Crippen LogP contribution >= 0.6 is 12.6 Å². The average Bonchev–Trinajstić information content (AvgIpc) is 2.63. The van der Waals surface area contributed by atoms with Gasteiger partial charge < -0.3 is 26.8 Å². The lowest BCUT2D eigenvalue weighted by atomic mass is 10.1. The molecule has 0 aliphatic heterocycles. The summed E-state index contributed by atoms with van der Waals surface area (Å²) in [4.78, 5) is 46.4. The molecule has 0 aliphatic carbocycles. The monoisotopic (exact) mass is 382 g/mol. The van der Waals surface area contributed by atoms with Crippen molar-refractivity contribution in [2.24, 2.45) is 5.73 Å². The van der Waals surface area contributed by atoms with Gasteiger partial charge in [0.15, 0.2) is 0 Å². The second kappa shape index (κ2) is 11.1. The van der Waals surface area contributed by atoms with Crippen molar-refractivity contribution in [3.8, 4) is 0 Å². The first kappa shape index (κ1) is 21.5. The Morgan fingerprint density at radius 3 is 2.23 bits per heavy atom. The summed E-state index contributed by atoms with van der Waals surface area (Å²) in [6.07, 6.45) is 0.169. The van der Waals surface area contributed by atoms with Gasteiger partial charge in [0, 0.05) is 12.2 Å². The fraction of sp³-hybridized carbons (Fsp3) is 0.375. The van der Waals surface area contributed by atoms with Crippen LogP contribution in [-0.4, -0.2) is 59.7 Å². The highest BCUT2D eigenvalue weighted by Gasteiger charge is 2.22. The van der Waals surface area contributed by atoms with Gasteiger partial charge in [-0.1, -0.05) is 30.3 Å². The third-order valence-corrected chi connectivity index (χ3v) is 3.70. The van der Waals surface area contributed by atoms with Gasteiger partial charge in [-0.15, -0.1) is 0 Å². The van der Waals surface area contributed by atoms with Gasteiger partial charge in [0.25, 0.3) is 0 Å². The van der Waals surface area contributed by atoms with Crippen LogP contribution in [0.3, 0.4) is 0 Å². The van der Waals surface area contributed by atoms with E-state index in [9.17, 15) is 19.2 Å². The summed E-state index contributed by atoms with van der Waals surface area (Å²) >= 11 is 3.89. The molecule has 2 unspecified atom stereocenters. The molecule has 0 fully saturated rings. The minimum Gasteiger partial charge on any atom is -0.480 e. The van der Waals surface area contributed by atoms with Crippen molar-refractivity contribution in [1.29, 1.82) is 0 Å². The van der Waals surface area contributed by atoms with Gasteiger partial charge in [-0.3, -0.25) is 19.2 Å².